The van der Waals surface area contributed by atoms with Crippen LogP contribution in [0.25, 0.3) is 0 Å². The lowest BCUT2D eigenvalue weighted by Gasteiger charge is -2.13. The maximum Gasteiger partial charge on any atom is 0.416 e. The summed E-state index contributed by atoms with van der Waals surface area (Å²) in [6.45, 7) is 1.83. The maximum atomic E-state index is 12.5. The van der Waals surface area contributed by atoms with Crippen LogP contribution in [-0.2, 0) is 11.6 Å². The molecule has 0 amide bonds. The van der Waals surface area contributed by atoms with Crippen LogP contribution in [0.3, 0.4) is 0 Å². The fraction of sp³-hybridized carbons (Fsp3) is 0.417. The highest BCUT2D eigenvalue weighted by Gasteiger charge is 2.52. The molecule has 1 nitrogen and oxygen atoms in total. The predicted molar refractivity (Wildman–Crippen MR) is 52.5 cm³/mol. The van der Waals surface area contributed by atoms with Gasteiger partial charge in [-0.15, -0.1) is 0 Å². The van der Waals surface area contributed by atoms with E-state index in [4.69, 9.17) is 5.26 Å². The number of nitrogens with zero attached hydrogens (tertiary/aromatic N) is 1. The molecule has 2 rings (SSSR count). The Kier molecular flexibility index (Phi) is 2.23. The Bertz CT molecular complexity index is 458. The third-order valence-electron chi connectivity index (χ3n) is 3.24. The summed E-state index contributed by atoms with van der Waals surface area (Å²) in [5.74, 6) is -0.156. The van der Waals surface area contributed by atoms with Crippen molar-refractivity contribution in [3.05, 3.63) is 35.4 Å². The highest BCUT2D eigenvalue weighted by Crippen LogP contribution is 2.53. The summed E-state index contributed by atoms with van der Waals surface area (Å²) < 4.78 is 37.5. The van der Waals surface area contributed by atoms with Crippen LogP contribution in [0.4, 0.5) is 13.2 Å². The molecule has 0 spiro atoms. The van der Waals surface area contributed by atoms with Gasteiger partial charge in [0.2, 0.25) is 0 Å². The Balaban J connectivity index is 2.36. The van der Waals surface area contributed by atoms with E-state index in [1.165, 1.54) is 6.07 Å². The molecule has 1 aromatic rings. The average molecular weight is 225 g/mol. The maximum absolute atomic E-state index is 12.5. The van der Waals surface area contributed by atoms with Crippen LogP contribution in [0, 0.1) is 17.2 Å². The molecule has 0 heterocycles. The van der Waals surface area contributed by atoms with Crippen molar-refractivity contribution in [2.75, 3.05) is 0 Å². The quantitative estimate of drug-likeness (QED) is 0.717. The van der Waals surface area contributed by atoms with Gasteiger partial charge in [0.1, 0.15) is 0 Å². The second-order valence-electron chi connectivity index (χ2n) is 4.38. The molecule has 0 bridgehead atoms. The highest BCUT2D eigenvalue weighted by atomic mass is 19.4. The average Bonchev–Trinajstić information content (AvgIpc) is 2.90. The normalized spacial score (nSPS) is 28.6. The Labute approximate surface area is 91.5 Å². The number of nitriles is 1. The molecule has 0 radical (unpaired) electrons. The number of alkyl halides is 3. The number of rotatable bonds is 1. The summed E-state index contributed by atoms with van der Waals surface area (Å²) in [6, 6.07) is 7.37. The van der Waals surface area contributed by atoms with E-state index < -0.39 is 17.2 Å². The predicted octanol–water partition coefficient (Wildman–Crippen LogP) is 3.51. The number of benzene rings is 1. The van der Waals surface area contributed by atoms with Gasteiger partial charge in [0.15, 0.2) is 0 Å². The van der Waals surface area contributed by atoms with Gasteiger partial charge in [0.05, 0.1) is 17.6 Å². The molecular weight excluding hydrogens is 215 g/mol. The zero-order valence-corrected chi connectivity index (χ0v) is 8.67. The molecule has 16 heavy (non-hydrogen) atoms. The Morgan fingerprint density at radius 3 is 2.62 bits per heavy atom. The van der Waals surface area contributed by atoms with Gasteiger partial charge in [0.25, 0.3) is 0 Å². The van der Waals surface area contributed by atoms with E-state index in [-0.39, 0.29) is 5.92 Å². The lowest BCUT2D eigenvalue weighted by Crippen LogP contribution is -2.09. The number of hydrogen-bond acceptors (Lipinski definition) is 1. The Morgan fingerprint density at radius 1 is 1.44 bits per heavy atom. The molecule has 4 heteroatoms. The first-order valence-corrected chi connectivity index (χ1v) is 4.95. The minimum absolute atomic E-state index is 0.156. The van der Waals surface area contributed by atoms with E-state index in [0.717, 1.165) is 12.1 Å². The zero-order chi connectivity index (χ0) is 12.0. The molecule has 1 aliphatic carbocycles. The fourth-order valence-electron chi connectivity index (χ4n) is 1.92. The molecule has 0 N–H and O–H groups in total. The van der Waals surface area contributed by atoms with E-state index in [2.05, 4.69) is 6.07 Å². The molecule has 1 aliphatic rings. The van der Waals surface area contributed by atoms with Gasteiger partial charge in [-0.1, -0.05) is 25.1 Å². The van der Waals surface area contributed by atoms with Crippen molar-refractivity contribution in [2.24, 2.45) is 5.92 Å². The largest absolute Gasteiger partial charge is 0.416 e. The smallest absolute Gasteiger partial charge is 0.198 e. The topological polar surface area (TPSA) is 23.8 Å². The molecule has 2 atom stereocenters. The highest BCUT2D eigenvalue weighted by molar-refractivity contribution is 5.39. The number of halogens is 3. The minimum atomic E-state index is -4.32. The van der Waals surface area contributed by atoms with Crippen LogP contribution in [0.5, 0.6) is 0 Å². The van der Waals surface area contributed by atoms with Crippen LogP contribution < -0.4 is 0 Å². The molecule has 2 unspecified atom stereocenters. The van der Waals surface area contributed by atoms with Crippen LogP contribution in [0.2, 0.25) is 0 Å². The van der Waals surface area contributed by atoms with Crippen LogP contribution in [-0.4, -0.2) is 0 Å². The molecule has 1 aromatic carbocycles. The SMILES string of the molecule is CC1(c2cccc(C(F)(F)F)c2)CC1C#N. The van der Waals surface area contributed by atoms with Crippen molar-refractivity contribution < 1.29 is 13.2 Å². The van der Waals surface area contributed by atoms with Crippen molar-refractivity contribution in [3.63, 3.8) is 0 Å². The third kappa shape index (κ3) is 1.67. The van der Waals surface area contributed by atoms with Crippen molar-refractivity contribution >= 4 is 0 Å². The monoisotopic (exact) mass is 225 g/mol. The first kappa shape index (κ1) is 11.0. The van der Waals surface area contributed by atoms with Crippen molar-refractivity contribution in [1.82, 2.24) is 0 Å². The van der Waals surface area contributed by atoms with Crippen molar-refractivity contribution in [1.29, 1.82) is 5.26 Å². The second-order valence-corrected chi connectivity index (χ2v) is 4.38. The van der Waals surface area contributed by atoms with Gasteiger partial charge in [-0.3, -0.25) is 0 Å². The third-order valence-corrected chi connectivity index (χ3v) is 3.24. The van der Waals surface area contributed by atoms with Crippen LogP contribution >= 0.6 is 0 Å². The van der Waals surface area contributed by atoms with Gasteiger partial charge >= 0.3 is 6.18 Å². The van der Waals surface area contributed by atoms with Crippen LogP contribution in [0.15, 0.2) is 24.3 Å². The molecule has 1 saturated carbocycles. The van der Waals surface area contributed by atoms with Crippen molar-refractivity contribution in [2.45, 2.75) is 24.9 Å². The first-order valence-electron chi connectivity index (χ1n) is 4.95. The Morgan fingerprint density at radius 2 is 2.12 bits per heavy atom. The van der Waals surface area contributed by atoms with E-state index in [9.17, 15) is 13.2 Å². The van der Waals surface area contributed by atoms with Crippen molar-refractivity contribution in [3.8, 4) is 6.07 Å². The van der Waals surface area contributed by atoms with Gasteiger partial charge in [-0.25, -0.2) is 0 Å². The summed E-state index contributed by atoms with van der Waals surface area (Å²) in [6.07, 6.45) is -3.67. The Hall–Kier alpha value is -1.50. The molecule has 1 fully saturated rings. The summed E-state index contributed by atoms with van der Waals surface area (Å²) in [4.78, 5) is 0. The summed E-state index contributed by atoms with van der Waals surface area (Å²) in [5.41, 5.74) is -0.431. The fourth-order valence-corrected chi connectivity index (χ4v) is 1.92. The summed E-state index contributed by atoms with van der Waals surface area (Å²) >= 11 is 0. The second kappa shape index (κ2) is 3.24. The standard InChI is InChI=1S/C12H10F3N/c1-11(6-10(11)7-16)8-3-2-4-9(5-8)12(13,14)15/h2-5,10H,6H2,1H3. The lowest BCUT2D eigenvalue weighted by molar-refractivity contribution is -0.137. The molecule has 84 valence electrons. The van der Waals surface area contributed by atoms with E-state index in [1.54, 1.807) is 6.07 Å². The van der Waals surface area contributed by atoms with Crippen LogP contribution in [0.1, 0.15) is 24.5 Å². The summed E-state index contributed by atoms with van der Waals surface area (Å²) in [7, 11) is 0. The molecule has 0 aliphatic heterocycles. The van der Waals surface area contributed by atoms with Gasteiger partial charge in [-0.05, 0) is 18.1 Å². The number of hydrogen-bond donors (Lipinski definition) is 0. The van der Waals surface area contributed by atoms with E-state index in [0.29, 0.717) is 12.0 Å². The molecular formula is C12H10F3N. The van der Waals surface area contributed by atoms with E-state index in [1.807, 2.05) is 6.92 Å². The van der Waals surface area contributed by atoms with E-state index >= 15 is 0 Å². The zero-order valence-electron chi connectivity index (χ0n) is 8.67. The summed E-state index contributed by atoms with van der Waals surface area (Å²) in [5, 5.41) is 8.76. The van der Waals surface area contributed by atoms with Gasteiger partial charge in [0, 0.05) is 5.41 Å². The van der Waals surface area contributed by atoms with Gasteiger partial charge in [-0.2, -0.15) is 18.4 Å². The van der Waals surface area contributed by atoms with Gasteiger partial charge < -0.3 is 0 Å². The molecule has 0 saturated heterocycles. The minimum Gasteiger partial charge on any atom is -0.198 e. The lowest BCUT2D eigenvalue weighted by atomic mass is 9.94. The first-order chi connectivity index (χ1) is 7.38. The molecule has 0 aromatic heterocycles.